The van der Waals surface area contributed by atoms with E-state index in [1.54, 1.807) is 0 Å². The molecule has 0 spiro atoms. The standard InChI is InChI=1S/C27H34O/c1-3-5-6-22-7-9-23(10-8-22)11-12-24-13-15-25(16-14-24)26-17-19-27(20-18-26)28-21-4-2/h7-10,13-16,26-27H,3-6,17-21H2,1-2H3. The molecule has 1 heteroatoms. The molecule has 0 aromatic heterocycles. The molecule has 0 unspecified atom stereocenters. The number of rotatable bonds is 7. The lowest BCUT2D eigenvalue weighted by Gasteiger charge is -2.28. The van der Waals surface area contributed by atoms with Crippen LogP contribution in [0.25, 0.3) is 0 Å². The summed E-state index contributed by atoms with van der Waals surface area (Å²) in [5.74, 6) is 7.30. The molecule has 1 aliphatic carbocycles. The maximum Gasteiger partial charge on any atom is 0.0575 e. The van der Waals surface area contributed by atoms with Crippen molar-refractivity contribution >= 4 is 0 Å². The molecule has 1 saturated carbocycles. The van der Waals surface area contributed by atoms with Gasteiger partial charge < -0.3 is 4.74 Å². The van der Waals surface area contributed by atoms with E-state index in [2.05, 4.69) is 74.2 Å². The third-order valence-electron chi connectivity index (χ3n) is 5.74. The molecular formula is C27H34O. The van der Waals surface area contributed by atoms with Gasteiger partial charge in [0.15, 0.2) is 0 Å². The van der Waals surface area contributed by atoms with Crippen molar-refractivity contribution in [2.75, 3.05) is 6.61 Å². The van der Waals surface area contributed by atoms with E-state index in [-0.39, 0.29) is 0 Å². The predicted molar refractivity (Wildman–Crippen MR) is 119 cm³/mol. The van der Waals surface area contributed by atoms with Crippen molar-refractivity contribution in [3.8, 4) is 11.8 Å². The van der Waals surface area contributed by atoms with Crippen LogP contribution in [-0.4, -0.2) is 12.7 Å². The molecule has 28 heavy (non-hydrogen) atoms. The Labute approximate surface area is 171 Å². The minimum Gasteiger partial charge on any atom is -0.378 e. The fraction of sp³-hybridized carbons (Fsp3) is 0.481. The summed E-state index contributed by atoms with van der Waals surface area (Å²) >= 11 is 0. The van der Waals surface area contributed by atoms with Gasteiger partial charge >= 0.3 is 0 Å². The van der Waals surface area contributed by atoms with Gasteiger partial charge in [-0.1, -0.05) is 56.4 Å². The van der Waals surface area contributed by atoms with Crippen molar-refractivity contribution < 1.29 is 4.74 Å². The average Bonchev–Trinajstić information content (AvgIpc) is 2.76. The monoisotopic (exact) mass is 374 g/mol. The highest BCUT2D eigenvalue weighted by Gasteiger charge is 2.22. The molecule has 0 atom stereocenters. The van der Waals surface area contributed by atoms with Crippen LogP contribution in [0.5, 0.6) is 0 Å². The summed E-state index contributed by atoms with van der Waals surface area (Å²) in [5, 5.41) is 0. The van der Waals surface area contributed by atoms with Gasteiger partial charge in [-0.25, -0.2) is 0 Å². The zero-order chi connectivity index (χ0) is 19.6. The second kappa shape index (κ2) is 11.1. The smallest absolute Gasteiger partial charge is 0.0575 e. The SMILES string of the molecule is CCCCc1ccc(C#Cc2ccc(C3CCC(OCCC)CC3)cc2)cc1. The maximum absolute atomic E-state index is 5.92. The normalized spacial score (nSPS) is 19.1. The van der Waals surface area contributed by atoms with Crippen molar-refractivity contribution in [1.82, 2.24) is 0 Å². The van der Waals surface area contributed by atoms with Crippen molar-refractivity contribution in [2.24, 2.45) is 0 Å². The van der Waals surface area contributed by atoms with Crippen LogP contribution in [0, 0.1) is 11.8 Å². The summed E-state index contributed by atoms with van der Waals surface area (Å²) < 4.78 is 5.92. The van der Waals surface area contributed by atoms with E-state index in [1.165, 1.54) is 49.7 Å². The largest absolute Gasteiger partial charge is 0.378 e. The topological polar surface area (TPSA) is 9.23 Å². The Kier molecular flexibility index (Phi) is 8.19. The average molecular weight is 375 g/mol. The number of benzene rings is 2. The molecule has 0 aliphatic heterocycles. The van der Waals surface area contributed by atoms with Gasteiger partial charge in [0.1, 0.15) is 0 Å². The predicted octanol–water partition coefficient (Wildman–Crippen LogP) is 6.88. The highest BCUT2D eigenvalue weighted by atomic mass is 16.5. The molecule has 2 aromatic carbocycles. The van der Waals surface area contributed by atoms with Gasteiger partial charge in [0.2, 0.25) is 0 Å². The number of hydrogen-bond acceptors (Lipinski definition) is 1. The fourth-order valence-corrected chi connectivity index (χ4v) is 3.97. The lowest BCUT2D eigenvalue weighted by Crippen LogP contribution is -2.21. The third-order valence-corrected chi connectivity index (χ3v) is 5.74. The van der Waals surface area contributed by atoms with Crippen molar-refractivity contribution in [3.05, 3.63) is 70.8 Å². The van der Waals surface area contributed by atoms with E-state index in [0.29, 0.717) is 12.0 Å². The Bertz CT molecular complexity index is 753. The summed E-state index contributed by atoms with van der Waals surface area (Å²) in [7, 11) is 0. The first-order valence-corrected chi connectivity index (χ1v) is 11.1. The summed E-state index contributed by atoms with van der Waals surface area (Å²) in [4.78, 5) is 0. The van der Waals surface area contributed by atoms with Crippen LogP contribution in [0.1, 0.15) is 87.0 Å². The molecule has 2 aromatic rings. The van der Waals surface area contributed by atoms with Crippen LogP contribution in [0.2, 0.25) is 0 Å². The molecule has 0 bridgehead atoms. The zero-order valence-electron chi connectivity index (χ0n) is 17.5. The van der Waals surface area contributed by atoms with Crippen molar-refractivity contribution in [2.45, 2.75) is 77.2 Å². The third kappa shape index (κ3) is 6.25. The van der Waals surface area contributed by atoms with E-state index in [0.717, 1.165) is 30.6 Å². The van der Waals surface area contributed by atoms with Gasteiger partial charge in [-0.05, 0) is 86.3 Å². The fourth-order valence-electron chi connectivity index (χ4n) is 3.97. The van der Waals surface area contributed by atoms with Gasteiger partial charge in [0, 0.05) is 17.7 Å². The first-order chi connectivity index (χ1) is 13.8. The van der Waals surface area contributed by atoms with Crippen molar-refractivity contribution in [3.63, 3.8) is 0 Å². The second-order valence-electron chi connectivity index (χ2n) is 8.02. The highest BCUT2D eigenvalue weighted by molar-refractivity contribution is 5.44. The van der Waals surface area contributed by atoms with E-state index in [4.69, 9.17) is 4.74 Å². The Morgan fingerprint density at radius 3 is 1.96 bits per heavy atom. The minimum atomic E-state index is 0.481. The van der Waals surface area contributed by atoms with Crippen LogP contribution in [-0.2, 0) is 11.2 Å². The first kappa shape index (κ1) is 20.7. The second-order valence-corrected chi connectivity index (χ2v) is 8.02. The van der Waals surface area contributed by atoms with Crippen LogP contribution < -0.4 is 0 Å². The number of aryl methyl sites for hydroxylation is 1. The minimum absolute atomic E-state index is 0.481. The Morgan fingerprint density at radius 1 is 0.786 bits per heavy atom. The molecule has 0 N–H and O–H groups in total. The van der Waals surface area contributed by atoms with Crippen LogP contribution >= 0.6 is 0 Å². The first-order valence-electron chi connectivity index (χ1n) is 11.1. The van der Waals surface area contributed by atoms with Crippen LogP contribution in [0.3, 0.4) is 0 Å². The molecule has 3 rings (SSSR count). The van der Waals surface area contributed by atoms with Crippen LogP contribution in [0.15, 0.2) is 48.5 Å². The van der Waals surface area contributed by atoms with Gasteiger partial charge in [0.25, 0.3) is 0 Å². The van der Waals surface area contributed by atoms with Crippen LogP contribution in [0.4, 0.5) is 0 Å². The summed E-state index contributed by atoms with van der Waals surface area (Å²) in [6, 6.07) is 17.6. The van der Waals surface area contributed by atoms with Gasteiger partial charge in [-0.15, -0.1) is 0 Å². The maximum atomic E-state index is 5.92. The van der Waals surface area contributed by atoms with Gasteiger partial charge in [-0.2, -0.15) is 0 Å². The molecule has 0 saturated heterocycles. The summed E-state index contributed by atoms with van der Waals surface area (Å²) in [6.45, 7) is 5.32. The van der Waals surface area contributed by atoms with E-state index in [1.807, 2.05) is 0 Å². The summed E-state index contributed by atoms with van der Waals surface area (Å²) in [6.07, 6.45) is 10.1. The highest BCUT2D eigenvalue weighted by Crippen LogP contribution is 2.34. The van der Waals surface area contributed by atoms with Gasteiger partial charge in [-0.3, -0.25) is 0 Å². The zero-order valence-corrected chi connectivity index (χ0v) is 17.5. The molecule has 1 fully saturated rings. The Morgan fingerprint density at radius 2 is 1.39 bits per heavy atom. The van der Waals surface area contributed by atoms with Gasteiger partial charge in [0.05, 0.1) is 6.10 Å². The number of unbranched alkanes of at least 4 members (excludes halogenated alkanes) is 1. The molecular weight excluding hydrogens is 340 g/mol. The molecule has 148 valence electrons. The van der Waals surface area contributed by atoms with Crippen molar-refractivity contribution in [1.29, 1.82) is 0 Å². The van der Waals surface area contributed by atoms with E-state index >= 15 is 0 Å². The molecule has 0 radical (unpaired) electrons. The quantitative estimate of drug-likeness (QED) is 0.480. The molecule has 1 nitrogen and oxygen atoms in total. The number of hydrogen-bond donors (Lipinski definition) is 0. The Balaban J connectivity index is 1.53. The molecule has 1 aliphatic rings. The lowest BCUT2D eigenvalue weighted by atomic mass is 9.82. The lowest BCUT2D eigenvalue weighted by molar-refractivity contribution is 0.0251. The molecule has 0 amide bonds. The van der Waals surface area contributed by atoms with E-state index in [9.17, 15) is 0 Å². The Hall–Kier alpha value is -2.04. The summed E-state index contributed by atoms with van der Waals surface area (Å²) in [5.41, 5.74) is 5.06. The number of ether oxygens (including phenoxy) is 1. The molecule has 0 heterocycles. The van der Waals surface area contributed by atoms with E-state index < -0.39 is 0 Å².